The van der Waals surface area contributed by atoms with Gasteiger partial charge in [0.05, 0.1) is 0 Å². The van der Waals surface area contributed by atoms with Gasteiger partial charge in [-0.05, 0) is 25.8 Å². The molecule has 2 fully saturated rings. The van der Waals surface area contributed by atoms with Crippen LogP contribution in [-0.4, -0.2) is 63.9 Å². The average molecular weight is 227 g/mol. The molecular formula is C12H25N3O. The van der Waals surface area contributed by atoms with E-state index in [1.54, 1.807) is 0 Å². The van der Waals surface area contributed by atoms with E-state index in [-0.39, 0.29) is 0 Å². The van der Waals surface area contributed by atoms with Gasteiger partial charge >= 0.3 is 0 Å². The minimum Gasteiger partial charge on any atom is -0.381 e. The number of ether oxygens (including phenoxy) is 1. The molecular weight excluding hydrogens is 202 g/mol. The van der Waals surface area contributed by atoms with Crippen molar-refractivity contribution >= 4 is 0 Å². The van der Waals surface area contributed by atoms with Crippen molar-refractivity contribution in [3.05, 3.63) is 0 Å². The summed E-state index contributed by atoms with van der Waals surface area (Å²) in [7, 11) is 2.10. The molecule has 2 heterocycles. The molecule has 0 amide bonds. The maximum absolute atomic E-state index is 5.43. The SMILES string of the molecule is CNC(CN1CCNCC1)C1CCOCC1. The Balaban J connectivity index is 1.78. The maximum Gasteiger partial charge on any atom is 0.0469 e. The summed E-state index contributed by atoms with van der Waals surface area (Å²) in [4.78, 5) is 2.58. The van der Waals surface area contributed by atoms with Gasteiger partial charge in [-0.3, -0.25) is 4.90 Å². The lowest BCUT2D eigenvalue weighted by atomic mass is 9.91. The number of likely N-dealkylation sites (N-methyl/N-ethyl adjacent to an activating group) is 1. The van der Waals surface area contributed by atoms with Crippen molar-refractivity contribution in [3.8, 4) is 0 Å². The molecule has 0 bridgehead atoms. The first-order valence-electron chi connectivity index (χ1n) is 6.58. The van der Waals surface area contributed by atoms with Gasteiger partial charge in [0.15, 0.2) is 0 Å². The van der Waals surface area contributed by atoms with Crippen LogP contribution in [0.4, 0.5) is 0 Å². The Hall–Kier alpha value is -0.160. The first-order valence-corrected chi connectivity index (χ1v) is 6.58. The van der Waals surface area contributed by atoms with Crippen LogP contribution in [0.3, 0.4) is 0 Å². The lowest BCUT2D eigenvalue weighted by molar-refractivity contribution is 0.0478. The molecule has 0 aromatic heterocycles. The van der Waals surface area contributed by atoms with Crippen LogP contribution in [-0.2, 0) is 4.74 Å². The van der Waals surface area contributed by atoms with Gasteiger partial charge in [-0.15, -0.1) is 0 Å². The fourth-order valence-corrected chi connectivity index (χ4v) is 2.77. The summed E-state index contributed by atoms with van der Waals surface area (Å²) < 4.78 is 5.43. The van der Waals surface area contributed by atoms with E-state index in [9.17, 15) is 0 Å². The number of rotatable bonds is 4. The van der Waals surface area contributed by atoms with Crippen molar-refractivity contribution in [1.29, 1.82) is 0 Å². The molecule has 1 unspecified atom stereocenters. The minimum absolute atomic E-state index is 0.641. The van der Waals surface area contributed by atoms with Gasteiger partial charge in [-0.25, -0.2) is 0 Å². The van der Waals surface area contributed by atoms with Crippen LogP contribution in [0.2, 0.25) is 0 Å². The lowest BCUT2D eigenvalue weighted by Gasteiger charge is -2.36. The smallest absolute Gasteiger partial charge is 0.0469 e. The second-order valence-electron chi connectivity index (χ2n) is 4.90. The number of hydrogen-bond acceptors (Lipinski definition) is 4. The Morgan fingerprint density at radius 3 is 2.62 bits per heavy atom. The molecule has 2 rings (SSSR count). The predicted molar refractivity (Wildman–Crippen MR) is 65.7 cm³/mol. The Bertz CT molecular complexity index is 189. The Kier molecular flexibility index (Phi) is 5.03. The predicted octanol–water partition coefficient (Wildman–Crippen LogP) is -0.0938. The highest BCUT2D eigenvalue weighted by atomic mass is 16.5. The van der Waals surface area contributed by atoms with Gasteiger partial charge in [-0.2, -0.15) is 0 Å². The molecule has 2 saturated heterocycles. The topological polar surface area (TPSA) is 36.5 Å². The Morgan fingerprint density at radius 1 is 1.31 bits per heavy atom. The van der Waals surface area contributed by atoms with Crippen LogP contribution >= 0.6 is 0 Å². The third kappa shape index (κ3) is 3.42. The summed E-state index contributed by atoms with van der Waals surface area (Å²) in [6, 6.07) is 0.641. The Morgan fingerprint density at radius 2 is 2.00 bits per heavy atom. The monoisotopic (exact) mass is 227 g/mol. The zero-order valence-electron chi connectivity index (χ0n) is 10.4. The van der Waals surface area contributed by atoms with Crippen molar-refractivity contribution in [2.24, 2.45) is 5.92 Å². The fourth-order valence-electron chi connectivity index (χ4n) is 2.77. The van der Waals surface area contributed by atoms with Crippen LogP contribution in [0.1, 0.15) is 12.8 Å². The molecule has 0 spiro atoms. The van der Waals surface area contributed by atoms with E-state index in [2.05, 4.69) is 22.6 Å². The van der Waals surface area contributed by atoms with Crippen LogP contribution in [0.15, 0.2) is 0 Å². The van der Waals surface area contributed by atoms with E-state index in [1.165, 1.54) is 32.5 Å². The summed E-state index contributed by atoms with van der Waals surface area (Å²) in [5.74, 6) is 0.800. The molecule has 94 valence electrons. The molecule has 2 aliphatic heterocycles. The molecule has 2 aliphatic rings. The number of nitrogens with one attached hydrogen (secondary N) is 2. The normalized spacial score (nSPS) is 26.8. The van der Waals surface area contributed by atoms with Gasteiger partial charge in [0.1, 0.15) is 0 Å². The van der Waals surface area contributed by atoms with Gasteiger partial charge in [0.2, 0.25) is 0 Å². The van der Waals surface area contributed by atoms with Crippen LogP contribution in [0.5, 0.6) is 0 Å². The third-order valence-corrected chi connectivity index (χ3v) is 3.87. The van der Waals surface area contributed by atoms with Gasteiger partial charge in [-0.1, -0.05) is 0 Å². The second kappa shape index (κ2) is 6.55. The molecule has 0 aromatic rings. The standard InChI is InChI=1S/C12H25N3O/c1-13-12(11-2-8-16-9-3-11)10-15-6-4-14-5-7-15/h11-14H,2-10H2,1H3. The van der Waals surface area contributed by atoms with Gasteiger partial charge in [0, 0.05) is 52.0 Å². The fraction of sp³-hybridized carbons (Fsp3) is 1.00. The number of piperazine rings is 1. The Labute approximate surface area is 98.7 Å². The zero-order chi connectivity index (χ0) is 11.2. The molecule has 0 radical (unpaired) electrons. The lowest BCUT2D eigenvalue weighted by Crippen LogP contribution is -2.51. The third-order valence-electron chi connectivity index (χ3n) is 3.87. The summed E-state index contributed by atoms with van der Waals surface area (Å²) in [5, 5.41) is 6.90. The van der Waals surface area contributed by atoms with E-state index in [0.717, 1.165) is 32.2 Å². The highest BCUT2D eigenvalue weighted by molar-refractivity contribution is 4.82. The minimum atomic E-state index is 0.641. The maximum atomic E-state index is 5.43. The van der Waals surface area contributed by atoms with Gasteiger partial charge in [0.25, 0.3) is 0 Å². The van der Waals surface area contributed by atoms with Crippen molar-refractivity contribution in [3.63, 3.8) is 0 Å². The largest absolute Gasteiger partial charge is 0.381 e. The number of hydrogen-bond donors (Lipinski definition) is 2. The van der Waals surface area contributed by atoms with Crippen LogP contribution < -0.4 is 10.6 Å². The van der Waals surface area contributed by atoms with Crippen LogP contribution in [0.25, 0.3) is 0 Å². The first-order chi connectivity index (χ1) is 7.90. The second-order valence-corrected chi connectivity index (χ2v) is 4.90. The highest BCUT2D eigenvalue weighted by Gasteiger charge is 2.25. The summed E-state index contributed by atoms with van der Waals surface area (Å²) in [5.41, 5.74) is 0. The summed E-state index contributed by atoms with van der Waals surface area (Å²) >= 11 is 0. The zero-order valence-corrected chi connectivity index (χ0v) is 10.4. The summed E-state index contributed by atoms with van der Waals surface area (Å²) in [6.07, 6.45) is 2.44. The molecule has 1 atom stereocenters. The van der Waals surface area contributed by atoms with E-state index < -0.39 is 0 Å². The average Bonchev–Trinajstić information content (AvgIpc) is 2.38. The first kappa shape index (κ1) is 12.3. The van der Waals surface area contributed by atoms with E-state index in [4.69, 9.17) is 4.74 Å². The molecule has 2 N–H and O–H groups in total. The number of nitrogens with zero attached hydrogens (tertiary/aromatic N) is 1. The summed E-state index contributed by atoms with van der Waals surface area (Å²) in [6.45, 7) is 7.77. The van der Waals surface area contributed by atoms with E-state index in [1.807, 2.05) is 0 Å². The van der Waals surface area contributed by atoms with Crippen LogP contribution in [0, 0.1) is 5.92 Å². The quantitative estimate of drug-likeness (QED) is 0.703. The highest BCUT2D eigenvalue weighted by Crippen LogP contribution is 2.19. The molecule has 4 nitrogen and oxygen atoms in total. The van der Waals surface area contributed by atoms with Gasteiger partial charge < -0.3 is 15.4 Å². The van der Waals surface area contributed by atoms with Crippen molar-refractivity contribution in [2.75, 3.05) is 53.0 Å². The molecule has 0 aromatic carbocycles. The molecule has 0 saturated carbocycles. The molecule has 0 aliphatic carbocycles. The van der Waals surface area contributed by atoms with E-state index in [0.29, 0.717) is 6.04 Å². The van der Waals surface area contributed by atoms with E-state index >= 15 is 0 Å². The van der Waals surface area contributed by atoms with Crippen molar-refractivity contribution in [2.45, 2.75) is 18.9 Å². The van der Waals surface area contributed by atoms with Crippen molar-refractivity contribution in [1.82, 2.24) is 15.5 Å². The molecule has 4 heteroatoms. The van der Waals surface area contributed by atoms with Crippen molar-refractivity contribution < 1.29 is 4.74 Å². The molecule has 16 heavy (non-hydrogen) atoms.